The molecule has 0 unspecified atom stereocenters. The Morgan fingerprint density at radius 2 is 0.448 bits per heavy atom. The molecule has 0 radical (unpaired) electrons. The van der Waals surface area contributed by atoms with Crippen LogP contribution in [0.15, 0.2) is 212 Å². The Kier molecular flexibility index (Phi) is 8.78. The summed E-state index contributed by atoms with van der Waals surface area (Å²) in [5.41, 5.74) is 23.0. The maximum absolute atomic E-state index is 2.43. The van der Waals surface area contributed by atoms with Gasteiger partial charge in [0, 0.05) is 49.4 Å². The summed E-state index contributed by atoms with van der Waals surface area (Å²) in [4.78, 5) is 0. The standard InChI is InChI=1S/C64H47N3/c1-40-10-28-59-53(34-40)54-35-41(2)11-29-60(54)65(59)51-24-16-46(17-25-51)48-20-32-63-57(38-48)58-39-49(21-33-64(58)67(63)50-22-14-45(15-23-50)44-8-6-5-7-9-44)47-18-26-52(27-19-47)66-61-30-12-42(3)36-55(61)56-37-43(4)13-31-62(56)66/h5-39H,1-4H3. The molecule has 0 fully saturated rings. The molecule has 10 aromatic carbocycles. The number of nitrogens with zero attached hydrogens (tertiary/aromatic N) is 3. The van der Waals surface area contributed by atoms with Crippen LogP contribution in [0.5, 0.6) is 0 Å². The Balaban J connectivity index is 0.928. The van der Waals surface area contributed by atoms with Gasteiger partial charge in [0.15, 0.2) is 0 Å². The molecule has 0 spiro atoms. The third-order valence-electron chi connectivity index (χ3n) is 14.1. The van der Waals surface area contributed by atoms with Crippen LogP contribution in [0.4, 0.5) is 0 Å². The zero-order valence-corrected chi connectivity index (χ0v) is 38.0. The zero-order chi connectivity index (χ0) is 44.9. The van der Waals surface area contributed by atoms with Gasteiger partial charge in [0.05, 0.1) is 33.1 Å². The molecule has 0 saturated carbocycles. The second kappa shape index (κ2) is 15.1. The van der Waals surface area contributed by atoms with Gasteiger partial charge in [-0.3, -0.25) is 0 Å². The molecule has 3 heterocycles. The normalized spacial score (nSPS) is 11.9. The second-order valence-corrected chi connectivity index (χ2v) is 18.6. The van der Waals surface area contributed by atoms with Crippen molar-refractivity contribution >= 4 is 65.4 Å². The topological polar surface area (TPSA) is 14.8 Å². The van der Waals surface area contributed by atoms with E-state index < -0.39 is 0 Å². The number of aromatic nitrogens is 3. The van der Waals surface area contributed by atoms with E-state index in [-0.39, 0.29) is 0 Å². The highest BCUT2D eigenvalue weighted by atomic mass is 15.0. The van der Waals surface area contributed by atoms with Crippen LogP contribution < -0.4 is 0 Å². The van der Waals surface area contributed by atoms with Gasteiger partial charge in [-0.15, -0.1) is 0 Å². The highest BCUT2D eigenvalue weighted by Gasteiger charge is 2.18. The summed E-state index contributed by atoms with van der Waals surface area (Å²) < 4.78 is 7.24. The minimum Gasteiger partial charge on any atom is -0.309 e. The molecule has 0 saturated heterocycles. The van der Waals surface area contributed by atoms with Crippen molar-refractivity contribution in [1.29, 1.82) is 0 Å². The maximum Gasteiger partial charge on any atom is 0.0541 e. The van der Waals surface area contributed by atoms with Gasteiger partial charge in [0.1, 0.15) is 0 Å². The summed E-state index contributed by atoms with van der Waals surface area (Å²) in [7, 11) is 0. The molecular formula is C64H47N3. The van der Waals surface area contributed by atoms with E-state index in [4.69, 9.17) is 0 Å². The quantitative estimate of drug-likeness (QED) is 0.158. The lowest BCUT2D eigenvalue weighted by Gasteiger charge is -2.11. The van der Waals surface area contributed by atoms with Gasteiger partial charge in [0.25, 0.3) is 0 Å². The van der Waals surface area contributed by atoms with Gasteiger partial charge in [-0.25, -0.2) is 0 Å². The van der Waals surface area contributed by atoms with E-state index in [1.54, 1.807) is 0 Å². The molecule has 13 aromatic rings. The summed E-state index contributed by atoms with van der Waals surface area (Å²) in [5.74, 6) is 0. The van der Waals surface area contributed by atoms with Crippen LogP contribution in [0.2, 0.25) is 0 Å². The van der Waals surface area contributed by atoms with Crippen molar-refractivity contribution in [2.75, 3.05) is 0 Å². The van der Waals surface area contributed by atoms with Crippen molar-refractivity contribution in [1.82, 2.24) is 13.7 Å². The Morgan fingerprint density at radius 1 is 0.209 bits per heavy atom. The molecule has 3 heteroatoms. The van der Waals surface area contributed by atoms with Crippen LogP contribution >= 0.6 is 0 Å². The molecule has 0 bridgehead atoms. The summed E-state index contributed by atoms with van der Waals surface area (Å²) in [6, 6.07) is 79.1. The Labute approximate surface area is 390 Å². The molecule has 0 N–H and O–H groups in total. The van der Waals surface area contributed by atoms with Crippen LogP contribution in [0.3, 0.4) is 0 Å². The third-order valence-corrected chi connectivity index (χ3v) is 14.1. The highest BCUT2D eigenvalue weighted by molar-refractivity contribution is 6.13. The number of hydrogen-bond donors (Lipinski definition) is 0. The zero-order valence-electron chi connectivity index (χ0n) is 38.0. The number of fused-ring (bicyclic) bond motifs is 9. The van der Waals surface area contributed by atoms with Gasteiger partial charge in [-0.05, 0) is 170 Å². The molecule has 0 aliphatic carbocycles. The lowest BCUT2D eigenvalue weighted by molar-refractivity contribution is 1.18. The molecule has 13 rings (SSSR count). The third kappa shape index (κ3) is 6.34. The van der Waals surface area contributed by atoms with Crippen LogP contribution in [-0.4, -0.2) is 13.7 Å². The fraction of sp³-hybridized carbons (Fsp3) is 0.0625. The SMILES string of the molecule is Cc1ccc2c(c1)c1cc(C)ccc1n2-c1ccc(-c2ccc3c(c2)c2cc(-c4ccc(-n5c6ccc(C)cc6c6cc(C)ccc65)cc4)ccc2n3-c2ccc(-c3ccccc3)cc2)cc1. The van der Waals surface area contributed by atoms with E-state index >= 15 is 0 Å². The van der Waals surface area contributed by atoms with Crippen LogP contribution in [0, 0.1) is 27.7 Å². The van der Waals surface area contributed by atoms with E-state index in [2.05, 4.69) is 254 Å². The average Bonchev–Trinajstić information content (AvgIpc) is 3.98. The fourth-order valence-corrected chi connectivity index (χ4v) is 10.8. The maximum atomic E-state index is 2.43. The van der Waals surface area contributed by atoms with E-state index in [1.807, 2.05) is 0 Å². The first-order chi connectivity index (χ1) is 32.8. The van der Waals surface area contributed by atoms with Crippen LogP contribution in [-0.2, 0) is 0 Å². The van der Waals surface area contributed by atoms with Crippen molar-refractivity contribution < 1.29 is 0 Å². The van der Waals surface area contributed by atoms with Crippen molar-refractivity contribution in [2.45, 2.75) is 27.7 Å². The predicted octanol–water partition coefficient (Wildman–Crippen LogP) is 17.2. The van der Waals surface area contributed by atoms with Crippen molar-refractivity contribution in [2.24, 2.45) is 0 Å². The van der Waals surface area contributed by atoms with Crippen LogP contribution in [0.1, 0.15) is 22.3 Å². The van der Waals surface area contributed by atoms with E-state index in [9.17, 15) is 0 Å². The molecule has 0 aliphatic rings. The number of hydrogen-bond acceptors (Lipinski definition) is 0. The first-order valence-corrected chi connectivity index (χ1v) is 23.3. The molecular weight excluding hydrogens is 811 g/mol. The summed E-state index contributed by atoms with van der Waals surface area (Å²) in [6.45, 7) is 8.71. The predicted molar refractivity (Wildman–Crippen MR) is 285 cm³/mol. The highest BCUT2D eigenvalue weighted by Crippen LogP contribution is 2.40. The first kappa shape index (κ1) is 39.0. The number of aryl methyl sites for hydroxylation is 4. The molecule has 3 nitrogen and oxygen atoms in total. The summed E-state index contributed by atoms with van der Waals surface area (Å²) >= 11 is 0. The lowest BCUT2D eigenvalue weighted by atomic mass is 10.00. The van der Waals surface area contributed by atoms with E-state index in [1.165, 1.54) is 121 Å². The largest absolute Gasteiger partial charge is 0.309 e. The lowest BCUT2D eigenvalue weighted by Crippen LogP contribution is -1.94. The van der Waals surface area contributed by atoms with Gasteiger partial charge < -0.3 is 13.7 Å². The Hall–Kier alpha value is -8.40. The van der Waals surface area contributed by atoms with Gasteiger partial charge in [-0.2, -0.15) is 0 Å². The summed E-state index contributed by atoms with van der Waals surface area (Å²) in [5, 5.41) is 7.63. The molecule has 318 valence electrons. The molecule has 0 aliphatic heterocycles. The van der Waals surface area contributed by atoms with E-state index in [0.717, 1.165) is 17.1 Å². The molecule has 67 heavy (non-hydrogen) atoms. The minimum atomic E-state index is 1.14. The summed E-state index contributed by atoms with van der Waals surface area (Å²) in [6.07, 6.45) is 0. The number of rotatable bonds is 6. The molecule has 0 atom stereocenters. The first-order valence-electron chi connectivity index (χ1n) is 23.3. The van der Waals surface area contributed by atoms with Gasteiger partial charge in [0.2, 0.25) is 0 Å². The second-order valence-electron chi connectivity index (χ2n) is 18.6. The van der Waals surface area contributed by atoms with Gasteiger partial charge >= 0.3 is 0 Å². The Morgan fingerprint density at radius 3 is 0.761 bits per heavy atom. The van der Waals surface area contributed by atoms with Crippen molar-refractivity contribution in [3.8, 4) is 50.4 Å². The van der Waals surface area contributed by atoms with Crippen molar-refractivity contribution in [3.63, 3.8) is 0 Å². The van der Waals surface area contributed by atoms with Gasteiger partial charge in [-0.1, -0.05) is 125 Å². The smallest absolute Gasteiger partial charge is 0.0541 e. The Bertz CT molecular complexity index is 3740. The van der Waals surface area contributed by atoms with E-state index in [0.29, 0.717) is 0 Å². The fourth-order valence-electron chi connectivity index (χ4n) is 10.8. The van der Waals surface area contributed by atoms with Crippen LogP contribution in [0.25, 0.3) is 116 Å². The number of benzene rings is 10. The van der Waals surface area contributed by atoms with Crippen molar-refractivity contribution in [3.05, 3.63) is 235 Å². The minimum absolute atomic E-state index is 1.14. The average molecular weight is 858 g/mol. The molecule has 3 aromatic heterocycles. The monoisotopic (exact) mass is 857 g/mol. The molecule has 0 amide bonds.